The number of rotatable bonds is 5. The van der Waals surface area contributed by atoms with Gasteiger partial charge in [-0.1, -0.05) is 0 Å². The maximum Gasteiger partial charge on any atom is 0.322 e. The van der Waals surface area contributed by atoms with Crippen molar-refractivity contribution in [1.82, 2.24) is 24.6 Å². The minimum atomic E-state index is -0.0558. The summed E-state index contributed by atoms with van der Waals surface area (Å²) < 4.78 is 6.99. The lowest BCUT2D eigenvalue weighted by atomic mass is 10.1. The smallest absolute Gasteiger partial charge is 0.322 e. The molecular weight excluding hydrogens is 308 g/mol. The third-order valence-corrected chi connectivity index (χ3v) is 4.38. The number of pyridine rings is 1. The monoisotopic (exact) mass is 328 g/mol. The number of carbonyl (C=O) groups excluding carboxylic acids is 1. The second kappa shape index (κ2) is 6.56. The number of ether oxygens (including phenoxy) is 1. The van der Waals surface area contributed by atoms with Crippen LogP contribution in [0.1, 0.15) is 19.3 Å². The molecule has 2 aromatic rings. The van der Waals surface area contributed by atoms with Crippen molar-refractivity contribution in [2.24, 2.45) is 5.92 Å². The maximum absolute atomic E-state index is 12.6. The van der Waals surface area contributed by atoms with Gasteiger partial charge >= 0.3 is 6.03 Å². The summed E-state index contributed by atoms with van der Waals surface area (Å²) in [6, 6.07) is 3.94. The van der Waals surface area contributed by atoms with E-state index in [0.29, 0.717) is 23.5 Å². The quantitative estimate of drug-likeness (QED) is 0.903. The van der Waals surface area contributed by atoms with Crippen LogP contribution in [0.5, 0.6) is 0 Å². The standard InChI is InChI=1S/C16H20N6O2/c23-16(21(14-2-3-14)8-12-5-6-24-9-12)20-13-1-4-15(18-7-13)22-11-17-10-19-22/h1,4,7,10-12,14H,2-3,5-6,8-9H2,(H,20,23)/t12-/m1/s1. The molecule has 0 aromatic carbocycles. The predicted octanol–water partition coefficient (Wildman–Crippen LogP) is 1.70. The van der Waals surface area contributed by atoms with Gasteiger partial charge in [-0.3, -0.25) is 0 Å². The summed E-state index contributed by atoms with van der Waals surface area (Å²) >= 11 is 0. The highest BCUT2D eigenvalue weighted by Crippen LogP contribution is 2.29. The van der Waals surface area contributed by atoms with Gasteiger partial charge in [-0.05, 0) is 31.4 Å². The number of hydrogen-bond acceptors (Lipinski definition) is 5. The fourth-order valence-electron chi connectivity index (χ4n) is 2.91. The molecule has 1 N–H and O–H groups in total. The average molecular weight is 328 g/mol. The molecule has 3 heterocycles. The van der Waals surface area contributed by atoms with E-state index in [1.54, 1.807) is 23.3 Å². The first-order valence-corrected chi connectivity index (χ1v) is 8.26. The van der Waals surface area contributed by atoms with Crippen LogP contribution in [0.25, 0.3) is 5.82 Å². The fraction of sp³-hybridized carbons (Fsp3) is 0.500. The number of anilines is 1. The van der Waals surface area contributed by atoms with E-state index < -0.39 is 0 Å². The fourth-order valence-corrected chi connectivity index (χ4v) is 2.91. The predicted molar refractivity (Wildman–Crippen MR) is 86.8 cm³/mol. The van der Waals surface area contributed by atoms with E-state index in [9.17, 15) is 4.79 Å². The molecule has 1 atom stereocenters. The van der Waals surface area contributed by atoms with Crippen molar-refractivity contribution in [2.45, 2.75) is 25.3 Å². The molecule has 8 heteroatoms. The Bertz CT molecular complexity index is 677. The Morgan fingerprint density at radius 2 is 2.29 bits per heavy atom. The number of aromatic nitrogens is 4. The van der Waals surface area contributed by atoms with Gasteiger partial charge in [-0.2, -0.15) is 5.10 Å². The van der Waals surface area contributed by atoms with Crippen LogP contribution in [0.4, 0.5) is 10.5 Å². The van der Waals surface area contributed by atoms with Crippen molar-refractivity contribution >= 4 is 11.7 Å². The van der Waals surface area contributed by atoms with E-state index in [1.165, 1.54) is 6.33 Å². The molecule has 8 nitrogen and oxygen atoms in total. The topological polar surface area (TPSA) is 85.2 Å². The zero-order chi connectivity index (χ0) is 16.4. The van der Waals surface area contributed by atoms with Gasteiger partial charge in [0.25, 0.3) is 0 Å². The number of amides is 2. The summed E-state index contributed by atoms with van der Waals surface area (Å²) in [7, 11) is 0. The van der Waals surface area contributed by atoms with Crippen molar-refractivity contribution in [3.05, 3.63) is 31.0 Å². The molecule has 2 aromatic heterocycles. The Balaban J connectivity index is 1.40. The maximum atomic E-state index is 12.6. The Morgan fingerprint density at radius 1 is 1.38 bits per heavy atom. The van der Waals surface area contributed by atoms with Gasteiger partial charge in [0, 0.05) is 25.1 Å². The largest absolute Gasteiger partial charge is 0.381 e. The lowest BCUT2D eigenvalue weighted by Gasteiger charge is -2.25. The van der Waals surface area contributed by atoms with Gasteiger partial charge in [-0.25, -0.2) is 19.4 Å². The summed E-state index contributed by atoms with van der Waals surface area (Å²) in [5, 5.41) is 6.98. The van der Waals surface area contributed by atoms with Gasteiger partial charge in [-0.15, -0.1) is 0 Å². The van der Waals surface area contributed by atoms with Gasteiger partial charge in [0.15, 0.2) is 5.82 Å². The molecule has 2 amide bonds. The number of carbonyl (C=O) groups is 1. The van der Waals surface area contributed by atoms with Crippen LogP contribution in [0, 0.1) is 5.92 Å². The number of nitrogens with zero attached hydrogens (tertiary/aromatic N) is 5. The molecule has 2 aliphatic rings. The summed E-state index contributed by atoms with van der Waals surface area (Å²) in [4.78, 5) is 22.8. The van der Waals surface area contributed by atoms with Crippen LogP contribution < -0.4 is 5.32 Å². The van der Waals surface area contributed by atoms with Gasteiger partial charge < -0.3 is 15.0 Å². The van der Waals surface area contributed by atoms with Gasteiger partial charge in [0.1, 0.15) is 12.7 Å². The summed E-state index contributed by atoms with van der Waals surface area (Å²) in [5.74, 6) is 1.11. The van der Waals surface area contributed by atoms with Gasteiger partial charge in [0.05, 0.1) is 18.5 Å². The molecule has 0 unspecified atom stereocenters. The molecule has 2 fully saturated rings. The second-order valence-electron chi connectivity index (χ2n) is 6.29. The van der Waals surface area contributed by atoms with Crippen LogP contribution in [0.15, 0.2) is 31.0 Å². The minimum absolute atomic E-state index is 0.0558. The van der Waals surface area contributed by atoms with Crippen molar-refractivity contribution in [3.63, 3.8) is 0 Å². The summed E-state index contributed by atoms with van der Waals surface area (Å²) in [6.45, 7) is 2.32. The Labute approximate surface area is 139 Å². The molecule has 0 radical (unpaired) electrons. The first-order chi connectivity index (χ1) is 11.8. The molecule has 1 aliphatic carbocycles. The number of urea groups is 1. The van der Waals surface area contributed by atoms with Crippen LogP contribution in [-0.2, 0) is 4.74 Å². The highest BCUT2D eigenvalue weighted by atomic mass is 16.5. The van der Waals surface area contributed by atoms with Crippen molar-refractivity contribution < 1.29 is 9.53 Å². The summed E-state index contributed by atoms with van der Waals surface area (Å²) in [5.41, 5.74) is 0.678. The van der Waals surface area contributed by atoms with E-state index >= 15 is 0 Å². The highest BCUT2D eigenvalue weighted by molar-refractivity contribution is 5.89. The molecule has 4 rings (SSSR count). The van der Waals surface area contributed by atoms with Crippen LogP contribution >= 0.6 is 0 Å². The normalized spacial score (nSPS) is 20.1. The van der Waals surface area contributed by atoms with Crippen LogP contribution in [0.3, 0.4) is 0 Å². The zero-order valence-electron chi connectivity index (χ0n) is 13.3. The third kappa shape index (κ3) is 3.38. The van der Waals surface area contributed by atoms with Crippen LogP contribution in [-0.4, -0.2) is 56.5 Å². The van der Waals surface area contributed by atoms with Crippen molar-refractivity contribution in [3.8, 4) is 5.82 Å². The Morgan fingerprint density at radius 3 is 2.92 bits per heavy atom. The van der Waals surface area contributed by atoms with E-state index in [2.05, 4.69) is 20.4 Å². The Hall–Kier alpha value is -2.48. The lowest BCUT2D eigenvalue weighted by Crippen LogP contribution is -2.40. The SMILES string of the molecule is O=C(Nc1ccc(-n2cncn2)nc1)N(C[C@H]1CCOC1)C1CC1. The van der Waals surface area contributed by atoms with E-state index in [1.807, 2.05) is 11.0 Å². The Kier molecular flexibility index (Phi) is 4.12. The van der Waals surface area contributed by atoms with Crippen molar-refractivity contribution in [2.75, 3.05) is 25.1 Å². The molecular formula is C16H20N6O2. The van der Waals surface area contributed by atoms with Crippen molar-refractivity contribution in [1.29, 1.82) is 0 Å². The van der Waals surface area contributed by atoms with Crippen LogP contribution in [0.2, 0.25) is 0 Å². The molecule has 0 bridgehead atoms. The molecule has 126 valence electrons. The molecule has 24 heavy (non-hydrogen) atoms. The molecule has 1 saturated heterocycles. The van der Waals surface area contributed by atoms with E-state index in [-0.39, 0.29) is 6.03 Å². The first-order valence-electron chi connectivity index (χ1n) is 8.26. The zero-order valence-corrected chi connectivity index (χ0v) is 13.3. The molecule has 1 aliphatic heterocycles. The second-order valence-corrected chi connectivity index (χ2v) is 6.29. The average Bonchev–Trinajstić information content (AvgIpc) is 3.08. The molecule has 1 saturated carbocycles. The summed E-state index contributed by atoms with van der Waals surface area (Å²) in [6.07, 6.45) is 7.88. The van der Waals surface area contributed by atoms with E-state index in [4.69, 9.17) is 4.74 Å². The van der Waals surface area contributed by atoms with E-state index in [0.717, 1.165) is 39.0 Å². The number of hydrogen-bond donors (Lipinski definition) is 1. The molecule has 0 spiro atoms. The highest BCUT2D eigenvalue weighted by Gasteiger charge is 2.34. The minimum Gasteiger partial charge on any atom is -0.381 e. The lowest BCUT2D eigenvalue weighted by molar-refractivity contribution is 0.167. The van der Waals surface area contributed by atoms with Gasteiger partial charge in [0.2, 0.25) is 0 Å². The number of nitrogens with one attached hydrogen (secondary N) is 1. The first kappa shape index (κ1) is 15.1. The third-order valence-electron chi connectivity index (χ3n) is 4.38.